The van der Waals surface area contributed by atoms with E-state index in [-0.39, 0.29) is 30.7 Å². The summed E-state index contributed by atoms with van der Waals surface area (Å²) in [5, 5.41) is 2.85. The number of rotatable bonds is 5. The molecule has 148 valence electrons. The van der Waals surface area contributed by atoms with E-state index >= 15 is 0 Å². The zero-order valence-electron chi connectivity index (χ0n) is 15.4. The van der Waals surface area contributed by atoms with Gasteiger partial charge in [-0.3, -0.25) is 4.79 Å². The highest BCUT2D eigenvalue weighted by Gasteiger charge is 2.17. The number of hydrogen-bond donors (Lipinski definition) is 2. The minimum absolute atomic E-state index is 0. The third-order valence-electron chi connectivity index (χ3n) is 4.71. The van der Waals surface area contributed by atoms with E-state index in [1.54, 1.807) is 18.3 Å². The Bertz CT molecular complexity index is 750. The van der Waals surface area contributed by atoms with E-state index in [0.717, 1.165) is 5.56 Å². The molecule has 0 saturated heterocycles. The van der Waals surface area contributed by atoms with Crippen LogP contribution >= 0.6 is 24.8 Å². The second-order valence-corrected chi connectivity index (χ2v) is 6.69. The normalized spacial score (nSPS) is 13.8. The predicted octanol–water partition coefficient (Wildman–Crippen LogP) is 5.03. The number of carbonyl (C=O) groups is 1. The molecule has 2 aromatic rings. The van der Waals surface area contributed by atoms with Gasteiger partial charge in [-0.2, -0.15) is 0 Å². The molecule has 5 nitrogen and oxygen atoms in total. The van der Waals surface area contributed by atoms with E-state index in [9.17, 15) is 4.79 Å². The van der Waals surface area contributed by atoms with Crippen molar-refractivity contribution in [2.75, 3.05) is 17.7 Å². The fraction of sp³-hybridized carbons (Fsp3) is 0.400. The van der Waals surface area contributed by atoms with Gasteiger partial charge in [-0.05, 0) is 55.5 Å². The summed E-state index contributed by atoms with van der Waals surface area (Å²) in [6.45, 7) is 2.55. The van der Waals surface area contributed by atoms with Crippen LogP contribution in [-0.4, -0.2) is 17.5 Å². The van der Waals surface area contributed by atoms with Crippen molar-refractivity contribution < 1.29 is 9.53 Å². The van der Waals surface area contributed by atoms with Gasteiger partial charge in [0.1, 0.15) is 0 Å². The Balaban J connectivity index is 0.00000182. The van der Waals surface area contributed by atoms with Crippen LogP contribution in [0.25, 0.3) is 0 Å². The first-order valence-electron chi connectivity index (χ1n) is 8.89. The minimum Gasteiger partial charge on any atom is -0.489 e. The van der Waals surface area contributed by atoms with Gasteiger partial charge in [0.15, 0.2) is 11.6 Å². The number of ether oxygens (including phenoxy) is 1. The third-order valence-corrected chi connectivity index (χ3v) is 4.71. The van der Waals surface area contributed by atoms with Crippen LogP contribution in [0, 0.1) is 12.8 Å². The second kappa shape index (κ2) is 11.0. The number of hydrogen-bond acceptors (Lipinski definition) is 4. The molecule has 0 bridgehead atoms. The molecule has 0 radical (unpaired) electrons. The maximum Gasteiger partial charge on any atom is 0.257 e. The molecule has 3 N–H and O–H groups in total. The lowest BCUT2D eigenvalue weighted by molar-refractivity contribution is 0.102. The number of nitrogens with zero attached hydrogens (tertiary/aromatic N) is 1. The maximum atomic E-state index is 12.6. The number of halogens is 2. The highest BCUT2D eigenvalue weighted by atomic mass is 35.5. The quantitative estimate of drug-likeness (QED) is 0.676. The lowest BCUT2D eigenvalue weighted by atomic mass is 9.90. The average molecular weight is 412 g/mol. The summed E-state index contributed by atoms with van der Waals surface area (Å²) in [5.74, 6) is 1.42. The van der Waals surface area contributed by atoms with Gasteiger partial charge >= 0.3 is 0 Å². The lowest BCUT2D eigenvalue weighted by Crippen LogP contribution is -2.18. The zero-order valence-corrected chi connectivity index (χ0v) is 17.1. The van der Waals surface area contributed by atoms with E-state index in [1.807, 2.05) is 25.1 Å². The van der Waals surface area contributed by atoms with E-state index in [0.29, 0.717) is 35.3 Å². The largest absolute Gasteiger partial charge is 0.489 e. The van der Waals surface area contributed by atoms with E-state index < -0.39 is 0 Å². The van der Waals surface area contributed by atoms with Crippen molar-refractivity contribution in [3.8, 4) is 5.75 Å². The number of benzene rings is 1. The summed E-state index contributed by atoms with van der Waals surface area (Å²) in [5.41, 5.74) is 7.77. The molecule has 1 heterocycles. The molecule has 1 fully saturated rings. The van der Waals surface area contributed by atoms with Crippen molar-refractivity contribution in [3.63, 3.8) is 0 Å². The smallest absolute Gasteiger partial charge is 0.257 e. The third kappa shape index (κ3) is 6.29. The van der Waals surface area contributed by atoms with Gasteiger partial charge in [0.05, 0.1) is 6.61 Å². The SMILES string of the molecule is Cc1ccc(N)cc1C(=O)Nc1ncccc1OCC1CCCCC1.Cl.Cl. The van der Waals surface area contributed by atoms with Crippen LogP contribution in [0.1, 0.15) is 48.0 Å². The molecule has 1 aliphatic rings. The summed E-state index contributed by atoms with van der Waals surface area (Å²) in [7, 11) is 0. The minimum atomic E-state index is -0.231. The summed E-state index contributed by atoms with van der Waals surface area (Å²) in [6.07, 6.45) is 7.95. The van der Waals surface area contributed by atoms with E-state index in [4.69, 9.17) is 10.5 Å². The van der Waals surface area contributed by atoms with Gasteiger partial charge in [0.25, 0.3) is 5.91 Å². The van der Waals surface area contributed by atoms with Crippen LogP contribution in [0.2, 0.25) is 0 Å². The summed E-state index contributed by atoms with van der Waals surface area (Å²) < 4.78 is 5.97. The summed E-state index contributed by atoms with van der Waals surface area (Å²) in [4.78, 5) is 16.9. The van der Waals surface area contributed by atoms with Gasteiger partial charge in [-0.15, -0.1) is 24.8 Å². The Morgan fingerprint density at radius 3 is 2.70 bits per heavy atom. The fourth-order valence-electron chi connectivity index (χ4n) is 3.22. The van der Waals surface area contributed by atoms with Crippen molar-refractivity contribution in [1.82, 2.24) is 4.98 Å². The Hall–Kier alpha value is -1.98. The van der Waals surface area contributed by atoms with Crippen LogP contribution in [0.15, 0.2) is 36.5 Å². The first-order valence-corrected chi connectivity index (χ1v) is 8.89. The van der Waals surface area contributed by atoms with Crippen molar-refractivity contribution in [1.29, 1.82) is 0 Å². The van der Waals surface area contributed by atoms with E-state index in [2.05, 4.69) is 10.3 Å². The molecule has 0 unspecified atom stereocenters. The van der Waals surface area contributed by atoms with Crippen LogP contribution in [0.5, 0.6) is 5.75 Å². The highest BCUT2D eigenvalue weighted by molar-refractivity contribution is 6.05. The molecule has 1 amide bonds. The Morgan fingerprint density at radius 2 is 1.96 bits per heavy atom. The molecule has 0 aliphatic heterocycles. The molecular weight excluding hydrogens is 385 g/mol. The summed E-state index contributed by atoms with van der Waals surface area (Å²) in [6, 6.07) is 8.96. The predicted molar refractivity (Wildman–Crippen MR) is 114 cm³/mol. The molecule has 1 aromatic carbocycles. The fourth-order valence-corrected chi connectivity index (χ4v) is 3.22. The van der Waals surface area contributed by atoms with Gasteiger partial charge < -0.3 is 15.8 Å². The number of aryl methyl sites for hydroxylation is 1. The first kappa shape index (κ1) is 23.1. The van der Waals surface area contributed by atoms with Gasteiger partial charge in [0.2, 0.25) is 0 Å². The molecule has 0 atom stereocenters. The number of aromatic nitrogens is 1. The van der Waals surface area contributed by atoms with Crippen LogP contribution in [-0.2, 0) is 0 Å². The van der Waals surface area contributed by atoms with Gasteiger partial charge in [-0.25, -0.2) is 4.98 Å². The number of anilines is 2. The number of pyridine rings is 1. The lowest BCUT2D eigenvalue weighted by Gasteiger charge is -2.22. The van der Waals surface area contributed by atoms with Crippen molar-refractivity contribution in [2.24, 2.45) is 5.92 Å². The van der Waals surface area contributed by atoms with Crippen molar-refractivity contribution in [2.45, 2.75) is 39.0 Å². The van der Waals surface area contributed by atoms with Crippen LogP contribution in [0.3, 0.4) is 0 Å². The molecule has 3 rings (SSSR count). The Morgan fingerprint density at radius 1 is 1.22 bits per heavy atom. The number of amides is 1. The van der Waals surface area contributed by atoms with Crippen molar-refractivity contribution in [3.05, 3.63) is 47.7 Å². The second-order valence-electron chi connectivity index (χ2n) is 6.69. The Kier molecular flexibility index (Phi) is 9.39. The number of carbonyl (C=O) groups excluding carboxylic acids is 1. The molecule has 1 aromatic heterocycles. The molecule has 1 aliphatic carbocycles. The standard InChI is InChI=1S/C20H25N3O2.2ClH/c1-14-9-10-16(21)12-17(14)20(24)23-19-18(8-5-11-22-19)25-13-15-6-3-2-4-7-15;;/h5,8-12,15H,2-4,6-7,13,21H2,1H3,(H,22,23,24);2*1H. The number of nitrogens with two attached hydrogens (primary N) is 1. The van der Waals surface area contributed by atoms with Gasteiger partial charge in [-0.1, -0.05) is 25.3 Å². The average Bonchev–Trinajstić information content (AvgIpc) is 2.64. The van der Waals surface area contributed by atoms with E-state index in [1.165, 1.54) is 32.1 Å². The molecule has 0 spiro atoms. The first-order chi connectivity index (χ1) is 12.1. The molecule has 27 heavy (non-hydrogen) atoms. The molecule has 1 saturated carbocycles. The highest BCUT2D eigenvalue weighted by Crippen LogP contribution is 2.27. The van der Waals surface area contributed by atoms with Crippen LogP contribution < -0.4 is 15.8 Å². The van der Waals surface area contributed by atoms with Crippen molar-refractivity contribution >= 4 is 42.2 Å². The number of nitrogens with one attached hydrogen (secondary N) is 1. The number of nitrogen functional groups attached to an aromatic ring is 1. The monoisotopic (exact) mass is 411 g/mol. The zero-order chi connectivity index (χ0) is 17.6. The van der Waals surface area contributed by atoms with Gasteiger partial charge in [0, 0.05) is 17.4 Å². The van der Waals surface area contributed by atoms with Crippen LogP contribution in [0.4, 0.5) is 11.5 Å². The molecular formula is C20H27Cl2N3O2. The maximum absolute atomic E-state index is 12.6. The summed E-state index contributed by atoms with van der Waals surface area (Å²) >= 11 is 0. The Labute approximate surface area is 172 Å². The molecule has 7 heteroatoms. The topological polar surface area (TPSA) is 77.2 Å².